The Morgan fingerprint density at radius 1 is 0.944 bits per heavy atom. The Bertz CT molecular complexity index is 485. The second-order valence-corrected chi connectivity index (χ2v) is 5.89. The predicted octanol–water partition coefficient (Wildman–Crippen LogP) is 2.55. The molecular formula is C15H17O2Si. The lowest BCUT2D eigenvalue weighted by molar-refractivity contribution is 0.231. The van der Waals surface area contributed by atoms with Crippen LogP contribution in [0.15, 0.2) is 54.6 Å². The molecule has 2 nitrogen and oxygen atoms in total. The molecule has 0 aliphatic rings. The van der Waals surface area contributed by atoms with Gasteiger partial charge in [-0.2, -0.15) is 0 Å². The van der Waals surface area contributed by atoms with E-state index in [1.54, 1.807) is 7.11 Å². The summed E-state index contributed by atoms with van der Waals surface area (Å²) >= 11 is 0. The minimum absolute atomic E-state index is 0.595. The van der Waals surface area contributed by atoms with Crippen molar-refractivity contribution in [3.63, 3.8) is 0 Å². The van der Waals surface area contributed by atoms with Crippen LogP contribution in [0.5, 0.6) is 0 Å². The van der Waals surface area contributed by atoms with Crippen LogP contribution in [-0.4, -0.2) is 16.4 Å². The van der Waals surface area contributed by atoms with Gasteiger partial charge in [-0.3, -0.25) is 0 Å². The Kier molecular flexibility index (Phi) is 4.70. The van der Waals surface area contributed by atoms with Gasteiger partial charge in [-0.1, -0.05) is 54.6 Å². The van der Waals surface area contributed by atoms with E-state index in [0.29, 0.717) is 6.61 Å². The van der Waals surface area contributed by atoms with Gasteiger partial charge in [0.2, 0.25) is 0 Å². The third kappa shape index (κ3) is 3.29. The van der Waals surface area contributed by atoms with E-state index in [1.165, 1.54) is 16.3 Å². The largest absolute Gasteiger partial charge is 0.423 e. The summed E-state index contributed by atoms with van der Waals surface area (Å²) in [6.45, 7) is 2.68. The lowest BCUT2D eigenvalue weighted by Crippen LogP contribution is -2.37. The summed E-state index contributed by atoms with van der Waals surface area (Å²) in [6.07, 6.45) is 0. The van der Waals surface area contributed by atoms with E-state index < -0.39 is 9.28 Å². The summed E-state index contributed by atoms with van der Waals surface area (Å²) in [6, 6.07) is 18.4. The molecule has 0 N–H and O–H groups in total. The maximum atomic E-state index is 5.92. The maximum Gasteiger partial charge on any atom is 0.423 e. The molecule has 0 atom stereocenters. The fourth-order valence-corrected chi connectivity index (χ4v) is 3.20. The fourth-order valence-electron chi connectivity index (χ4n) is 1.77. The van der Waals surface area contributed by atoms with Crippen molar-refractivity contribution in [1.82, 2.24) is 0 Å². The normalized spacial score (nSPS) is 10.8. The van der Waals surface area contributed by atoms with Gasteiger partial charge in [-0.05, 0) is 23.2 Å². The summed E-state index contributed by atoms with van der Waals surface area (Å²) in [7, 11) is 0.325. The van der Waals surface area contributed by atoms with Gasteiger partial charge in [-0.15, -0.1) is 0 Å². The Morgan fingerprint density at radius 2 is 1.61 bits per heavy atom. The highest BCUT2D eigenvalue weighted by atomic mass is 28.3. The SMILES string of the molecule is CO[Si](OCc1ccccc1)c1ccccc1C. The molecule has 2 aromatic carbocycles. The molecule has 0 aliphatic carbocycles. The van der Waals surface area contributed by atoms with Gasteiger partial charge >= 0.3 is 9.28 Å². The molecule has 0 aliphatic heterocycles. The van der Waals surface area contributed by atoms with Gasteiger partial charge in [-0.25, -0.2) is 0 Å². The average Bonchev–Trinajstić information content (AvgIpc) is 2.42. The third-order valence-electron chi connectivity index (χ3n) is 2.76. The quantitative estimate of drug-likeness (QED) is 0.766. The molecule has 1 radical (unpaired) electrons. The molecule has 93 valence electrons. The van der Waals surface area contributed by atoms with Crippen molar-refractivity contribution in [3.8, 4) is 0 Å². The number of hydrogen-bond donors (Lipinski definition) is 0. The average molecular weight is 257 g/mol. The van der Waals surface area contributed by atoms with E-state index in [4.69, 9.17) is 8.85 Å². The molecule has 18 heavy (non-hydrogen) atoms. The molecule has 2 rings (SSSR count). The van der Waals surface area contributed by atoms with E-state index >= 15 is 0 Å². The van der Waals surface area contributed by atoms with Crippen LogP contribution in [0.2, 0.25) is 0 Å². The van der Waals surface area contributed by atoms with Crippen LogP contribution in [0.4, 0.5) is 0 Å². The third-order valence-corrected chi connectivity index (χ3v) is 4.54. The van der Waals surface area contributed by atoms with Crippen LogP contribution < -0.4 is 5.19 Å². The van der Waals surface area contributed by atoms with Crippen LogP contribution in [0.1, 0.15) is 11.1 Å². The molecule has 0 heterocycles. The topological polar surface area (TPSA) is 18.5 Å². The van der Waals surface area contributed by atoms with E-state index in [0.717, 1.165) is 0 Å². The highest BCUT2D eigenvalue weighted by Gasteiger charge is 2.19. The standard InChI is InChI=1S/C15H17O2Si/c1-13-8-6-7-11-15(13)18(16-2)17-12-14-9-4-3-5-10-14/h3-11H,12H2,1-2H3. The van der Waals surface area contributed by atoms with Gasteiger partial charge in [0.15, 0.2) is 0 Å². The minimum Gasteiger partial charge on any atom is -0.393 e. The van der Waals surface area contributed by atoms with Crippen molar-refractivity contribution < 1.29 is 8.85 Å². The van der Waals surface area contributed by atoms with Crippen LogP contribution in [0.3, 0.4) is 0 Å². The van der Waals surface area contributed by atoms with E-state index in [2.05, 4.69) is 31.2 Å². The molecule has 0 spiro atoms. The molecule has 0 saturated carbocycles. The lowest BCUT2D eigenvalue weighted by atomic mass is 10.2. The molecule has 0 aromatic heterocycles. The van der Waals surface area contributed by atoms with Crippen LogP contribution in [0, 0.1) is 6.92 Å². The molecule has 3 heteroatoms. The Labute approximate surface area is 110 Å². The Hall–Kier alpha value is -1.42. The number of benzene rings is 2. The monoisotopic (exact) mass is 257 g/mol. The van der Waals surface area contributed by atoms with Gasteiger partial charge in [0.1, 0.15) is 0 Å². The highest BCUT2D eigenvalue weighted by molar-refractivity contribution is 6.61. The van der Waals surface area contributed by atoms with Gasteiger partial charge in [0, 0.05) is 7.11 Å². The smallest absolute Gasteiger partial charge is 0.393 e. The summed E-state index contributed by atoms with van der Waals surface area (Å²) < 4.78 is 11.4. The maximum absolute atomic E-state index is 5.92. The number of hydrogen-bond acceptors (Lipinski definition) is 2. The molecular weight excluding hydrogens is 240 g/mol. The summed E-state index contributed by atoms with van der Waals surface area (Å²) in [4.78, 5) is 0. The molecule has 0 bridgehead atoms. The molecule has 2 aromatic rings. The van der Waals surface area contributed by atoms with Crippen LogP contribution in [-0.2, 0) is 15.5 Å². The van der Waals surface area contributed by atoms with Crippen molar-refractivity contribution in [1.29, 1.82) is 0 Å². The number of aryl methyl sites for hydroxylation is 1. The van der Waals surface area contributed by atoms with Gasteiger partial charge < -0.3 is 8.85 Å². The predicted molar refractivity (Wildman–Crippen MR) is 74.8 cm³/mol. The first kappa shape index (κ1) is 13.0. The Morgan fingerprint density at radius 3 is 2.28 bits per heavy atom. The summed E-state index contributed by atoms with van der Waals surface area (Å²) in [5.41, 5.74) is 2.40. The lowest BCUT2D eigenvalue weighted by Gasteiger charge is -2.15. The van der Waals surface area contributed by atoms with Crippen LogP contribution in [0.25, 0.3) is 0 Å². The zero-order valence-electron chi connectivity index (χ0n) is 10.7. The van der Waals surface area contributed by atoms with Crippen molar-refractivity contribution in [2.45, 2.75) is 13.5 Å². The molecule has 0 unspecified atom stereocenters. The zero-order valence-corrected chi connectivity index (χ0v) is 11.7. The van der Waals surface area contributed by atoms with E-state index in [9.17, 15) is 0 Å². The van der Waals surface area contributed by atoms with Crippen LogP contribution >= 0.6 is 0 Å². The van der Waals surface area contributed by atoms with Crippen molar-refractivity contribution in [3.05, 3.63) is 65.7 Å². The van der Waals surface area contributed by atoms with Crippen molar-refractivity contribution >= 4 is 14.5 Å². The number of rotatable bonds is 5. The fraction of sp³-hybridized carbons (Fsp3) is 0.200. The van der Waals surface area contributed by atoms with Crippen molar-refractivity contribution in [2.75, 3.05) is 7.11 Å². The first-order valence-electron chi connectivity index (χ1n) is 5.95. The Balaban J connectivity index is 2.04. The van der Waals surface area contributed by atoms with E-state index in [1.807, 2.05) is 30.3 Å². The van der Waals surface area contributed by atoms with Crippen molar-refractivity contribution in [2.24, 2.45) is 0 Å². The highest BCUT2D eigenvalue weighted by Crippen LogP contribution is 2.04. The van der Waals surface area contributed by atoms with Gasteiger partial charge in [0.25, 0.3) is 0 Å². The zero-order chi connectivity index (χ0) is 12.8. The summed E-state index contributed by atoms with van der Waals surface area (Å²) in [5, 5.41) is 1.18. The second-order valence-electron chi connectivity index (χ2n) is 4.08. The second kappa shape index (κ2) is 6.49. The molecule has 0 fully saturated rings. The molecule has 0 amide bonds. The minimum atomic E-state index is -1.39. The van der Waals surface area contributed by atoms with Gasteiger partial charge in [0.05, 0.1) is 6.61 Å². The first-order chi connectivity index (χ1) is 8.81. The first-order valence-corrected chi connectivity index (χ1v) is 7.26. The van der Waals surface area contributed by atoms with E-state index in [-0.39, 0.29) is 0 Å². The summed E-state index contributed by atoms with van der Waals surface area (Å²) in [5.74, 6) is 0. The molecule has 0 saturated heterocycles.